The lowest BCUT2D eigenvalue weighted by Crippen LogP contribution is -2.61. The molecule has 1 aliphatic rings. The monoisotopic (exact) mass is 428 g/mol. The number of sulfonamides is 1. The second-order valence-electron chi connectivity index (χ2n) is 6.53. The maximum atomic E-state index is 14.5. The minimum atomic E-state index is -3.96. The van der Waals surface area contributed by atoms with Crippen molar-refractivity contribution >= 4 is 27.6 Å². The summed E-state index contributed by atoms with van der Waals surface area (Å²) >= 11 is 0. The van der Waals surface area contributed by atoms with Crippen LogP contribution in [0.2, 0.25) is 0 Å². The molecule has 3 N–H and O–H groups in total. The molecular weight excluding hydrogens is 413 g/mol. The highest BCUT2D eigenvalue weighted by molar-refractivity contribution is 7.89. The van der Waals surface area contributed by atoms with Gasteiger partial charge in [0.05, 0.1) is 23.7 Å². The predicted molar refractivity (Wildman–Crippen MR) is 96.1 cm³/mol. The van der Waals surface area contributed by atoms with E-state index in [2.05, 4.69) is 20.6 Å². The fourth-order valence-electron chi connectivity index (χ4n) is 2.80. The number of nitrogens with one attached hydrogen (secondary N) is 3. The minimum Gasteiger partial charge on any atom is -0.345 e. The zero-order valence-corrected chi connectivity index (χ0v) is 15.9. The third-order valence-corrected chi connectivity index (χ3v) is 6.26. The molecule has 29 heavy (non-hydrogen) atoms. The van der Waals surface area contributed by atoms with Crippen LogP contribution >= 0.6 is 0 Å². The Balaban J connectivity index is 1.99. The lowest BCUT2D eigenvalue weighted by atomic mass is 9.92. The van der Waals surface area contributed by atoms with Crippen molar-refractivity contribution in [2.75, 3.05) is 18.1 Å². The Morgan fingerprint density at radius 2 is 1.90 bits per heavy atom. The summed E-state index contributed by atoms with van der Waals surface area (Å²) < 4.78 is 66.8. The topological polar surface area (TPSA) is 128 Å². The van der Waals surface area contributed by atoms with Gasteiger partial charge in [0.25, 0.3) is 5.91 Å². The molecule has 0 spiro atoms. The van der Waals surface area contributed by atoms with Gasteiger partial charge in [-0.25, -0.2) is 35.9 Å². The quantitative estimate of drug-likeness (QED) is 0.673. The van der Waals surface area contributed by atoms with Crippen molar-refractivity contribution in [3.8, 4) is 0 Å². The molecule has 1 amide bonds. The van der Waals surface area contributed by atoms with Crippen molar-refractivity contribution in [1.29, 1.82) is 5.41 Å². The second-order valence-corrected chi connectivity index (χ2v) is 8.53. The Kier molecular flexibility index (Phi) is 4.94. The Labute approximate surface area is 163 Å². The van der Waals surface area contributed by atoms with E-state index in [1.165, 1.54) is 6.92 Å². The molecule has 0 bridgehead atoms. The summed E-state index contributed by atoms with van der Waals surface area (Å²) in [6, 6.07) is 1.74. The molecule has 0 aliphatic carbocycles. The Hall–Kier alpha value is -3.22. The summed E-state index contributed by atoms with van der Waals surface area (Å²) in [7, 11) is -2.81. The SMILES string of the molecule is CN1C(=N)N[C@](C)(c2cc(NC(=O)c3ncc(F)cn3)cc(F)c2F)CS1(=O)=O. The van der Waals surface area contributed by atoms with Crippen LogP contribution in [0.1, 0.15) is 23.1 Å². The van der Waals surface area contributed by atoms with Gasteiger partial charge < -0.3 is 10.6 Å². The number of aromatic nitrogens is 2. The first kappa shape index (κ1) is 20.5. The third kappa shape index (κ3) is 3.85. The molecule has 2 heterocycles. The van der Waals surface area contributed by atoms with Gasteiger partial charge >= 0.3 is 0 Å². The average Bonchev–Trinajstić information content (AvgIpc) is 2.62. The number of halogens is 3. The summed E-state index contributed by atoms with van der Waals surface area (Å²) in [6.45, 7) is 1.29. The van der Waals surface area contributed by atoms with Crippen molar-refractivity contribution in [2.45, 2.75) is 12.5 Å². The van der Waals surface area contributed by atoms with Crippen molar-refractivity contribution in [1.82, 2.24) is 19.6 Å². The van der Waals surface area contributed by atoms with E-state index in [-0.39, 0.29) is 5.69 Å². The number of carbonyl (C=O) groups is 1. The number of anilines is 1. The van der Waals surface area contributed by atoms with Crippen LogP contribution in [0.25, 0.3) is 0 Å². The zero-order chi connectivity index (χ0) is 21.6. The van der Waals surface area contributed by atoms with Gasteiger partial charge in [0.15, 0.2) is 17.5 Å². The molecule has 1 aromatic carbocycles. The van der Waals surface area contributed by atoms with E-state index in [1.54, 1.807) is 0 Å². The van der Waals surface area contributed by atoms with Crippen molar-refractivity contribution < 1.29 is 26.4 Å². The van der Waals surface area contributed by atoms with Crippen LogP contribution in [0.15, 0.2) is 24.5 Å². The highest BCUT2D eigenvalue weighted by Gasteiger charge is 2.44. The Morgan fingerprint density at radius 3 is 2.48 bits per heavy atom. The second kappa shape index (κ2) is 6.99. The van der Waals surface area contributed by atoms with Crippen LogP contribution in [0.4, 0.5) is 18.9 Å². The number of nitrogens with zero attached hydrogens (tertiary/aromatic N) is 3. The molecule has 154 valence electrons. The van der Waals surface area contributed by atoms with E-state index >= 15 is 0 Å². The summed E-state index contributed by atoms with van der Waals surface area (Å²) in [4.78, 5) is 19.1. The van der Waals surface area contributed by atoms with Crippen LogP contribution in [0.3, 0.4) is 0 Å². The van der Waals surface area contributed by atoms with Gasteiger partial charge in [-0.1, -0.05) is 0 Å². The van der Waals surface area contributed by atoms with E-state index in [9.17, 15) is 26.4 Å². The summed E-state index contributed by atoms with van der Waals surface area (Å²) in [5.74, 6) is -5.94. The molecule has 3 rings (SSSR count). The zero-order valence-electron chi connectivity index (χ0n) is 15.1. The molecule has 0 unspecified atom stereocenters. The van der Waals surface area contributed by atoms with Gasteiger partial charge in [-0.15, -0.1) is 0 Å². The molecule has 2 aromatic rings. The fourth-order valence-corrected chi connectivity index (χ4v) is 4.28. The molecule has 1 aliphatic heterocycles. The van der Waals surface area contributed by atoms with Crippen LogP contribution in [0, 0.1) is 22.9 Å². The van der Waals surface area contributed by atoms with Gasteiger partial charge in [0.1, 0.15) is 0 Å². The van der Waals surface area contributed by atoms with Crippen molar-refractivity contribution in [3.05, 3.63) is 53.4 Å². The van der Waals surface area contributed by atoms with Gasteiger partial charge in [-0.05, 0) is 13.0 Å². The lowest BCUT2D eigenvalue weighted by Gasteiger charge is -2.40. The average molecular weight is 428 g/mol. The van der Waals surface area contributed by atoms with Crippen LogP contribution in [-0.2, 0) is 15.6 Å². The maximum Gasteiger partial charge on any atom is 0.293 e. The smallest absolute Gasteiger partial charge is 0.293 e. The van der Waals surface area contributed by atoms with Gasteiger partial charge in [0.2, 0.25) is 21.8 Å². The molecule has 13 heteroatoms. The molecule has 1 atom stereocenters. The van der Waals surface area contributed by atoms with Crippen LogP contribution in [-0.4, -0.2) is 47.4 Å². The molecular formula is C16H15F3N6O3S. The Bertz CT molecular complexity index is 1110. The number of benzene rings is 1. The largest absolute Gasteiger partial charge is 0.345 e. The van der Waals surface area contributed by atoms with E-state index < -0.39 is 62.0 Å². The van der Waals surface area contributed by atoms with Crippen molar-refractivity contribution in [3.63, 3.8) is 0 Å². The number of hydrogen-bond acceptors (Lipinski definition) is 6. The maximum absolute atomic E-state index is 14.5. The predicted octanol–water partition coefficient (Wildman–Crippen LogP) is 1.16. The molecule has 0 saturated carbocycles. The number of guanidine groups is 1. The number of carbonyl (C=O) groups excluding carboxylic acids is 1. The summed E-state index contributed by atoms with van der Waals surface area (Å²) in [5.41, 5.74) is -2.29. The van der Waals surface area contributed by atoms with E-state index in [4.69, 9.17) is 5.41 Å². The normalized spacial score (nSPS) is 20.9. The lowest BCUT2D eigenvalue weighted by molar-refractivity contribution is 0.101. The van der Waals surface area contributed by atoms with E-state index in [1.807, 2.05) is 0 Å². The highest BCUT2D eigenvalue weighted by atomic mass is 32.2. The molecule has 9 nitrogen and oxygen atoms in total. The Morgan fingerprint density at radius 1 is 1.28 bits per heavy atom. The molecule has 1 saturated heterocycles. The van der Waals surface area contributed by atoms with Gasteiger partial charge in [-0.2, -0.15) is 0 Å². The molecule has 1 aromatic heterocycles. The number of rotatable bonds is 3. The number of hydrogen-bond donors (Lipinski definition) is 3. The summed E-state index contributed by atoms with van der Waals surface area (Å²) in [6.07, 6.45) is 1.52. The van der Waals surface area contributed by atoms with Gasteiger partial charge in [-0.3, -0.25) is 10.2 Å². The standard InChI is InChI=1S/C16H15F3N6O3S/c1-16(7-29(27,28)25(2)15(20)24-16)10-3-9(4-11(18)12(10)19)23-14(26)13-21-5-8(17)6-22-13/h3-6H,7H2,1-2H3,(H2,20,24)(H,23,26)/t16-/m0/s1. The third-order valence-electron chi connectivity index (χ3n) is 4.30. The molecule has 0 radical (unpaired) electrons. The van der Waals surface area contributed by atoms with E-state index in [0.717, 1.165) is 25.5 Å². The highest BCUT2D eigenvalue weighted by Crippen LogP contribution is 2.32. The van der Waals surface area contributed by atoms with Crippen molar-refractivity contribution in [2.24, 2.45) is 0 Å². The van der Waals surface area contributed by atoms with E-state index in [0.29, 0.717) is 10.4 Å². The first-order chi connectivity index (χ1) is 13.4. The molecule has 1 fully saturated rings. The minimum absolute atomic E-state index is 0.206. The summed E-state index contributed by atoms with van der Waals surface area (Å²) in [5, 5.41) is 12.6. The number of amides is 1. The van der Waals surface area contributed by atoms with Gasteiger partial charge in [0, 0.05) is 24.4 Å². The first-order valence-electron chi connectivity index (χ1n) is 8.05. The van der Waals surface area contributed by atoms with Crippen LogP contribution < -0.4 is 10.6 Å². The fraction of sp³-hybridized carbons (Fsp3) is 0.250. The van der Waals surface area contributed by atoms with Crippen LogP contribution in [0.5, 0.6) is 0 Å². The first-order valence-corrected chi connectivity index (χ1v) is 9.65.